The topological polar surface area (TPSA) is 55.1 Å². The molecular weight excluding hydrogens is 224 g/mol. The number of nitrogens with one attached hydrogen (secondary N) is 1. The fourth-order valence-corrected chi connectivity index (χ4v) is 1.81. The number of carbonyl (C=O) groups is 1. The minimum Gasteiger partial charge on any atom is -0.398 e. The van der Waals surface area contributed by atoms with Crippen LogP contribution in [0.5, 0.6) is 0 Å². The Labute approximate surface area is 107 Å². The summed E-state index contributed by atoms with van der Waals surface area (Å²) in [6, 6.07) is 15.3. The summed E-state index contributed by atoms with van der Waals surface area (Å²) >= 11 is 0. The lowest BCUT2D eigenvalue weighted by Gasteiger charge is -2.12. The Bertz CT molecular complexity index is 564. The molecule has 2 aromatic rings. The van der Waals surface area contributed by atoms with Gasteiger partial charge in [0.25, 0.3) is 0 Å². The van der Waals surface area contributed by atoms with Crippen molar-refractivity contribution in [2.24, 2.45) is 0 Å². The molecule has 1 amide bonds. The Hall–Kier alpha value is -2.29. The van der Waals surface area contributed by atoms with Gasteiger partial charge in [-0.1, -0.05) is 43.3 Å². The standard InChI is InChI=1S/C15H16N2O/c1-2-15(18)17-14-10-6-4-8-12(14)11-7-3-5-9-13(11)16/h3-10H,2,16H2,1H3,(H,17,18). The largest absolute Gasteiger partial charge is 0.398 e. The number of benzene rings is 2. The molecule has 0 saturated heterocycles. The lowest BCUT2D eigenvalue weighted by atomic mass is 10.0. The number of hydrogen-bond acceptors (Lipinski definition) is 2. The Morgan fingerprint density at radius 2 is 1.67 bits per heavy atom. The van der Waals surface area contributed by atoms with Gasteiger partial charge in [0.05, 0.1) is 0 Å². The Morgan fingerprint density at radius 1 is 1.06 bits per heavy atom. The van der Waals surface area contributed by atoms with Crippen LogP contribution >= 0.6 is 0 Å². The molecule has 0 fully saturated rings. The molecule has 18 heavy (non-hydrogen) atoms. The van der Waals surface area contributed by atoms with Crippen LogP contribution in [0.25, 0.3) is 11.1 Å². The number of carbonyl (C=O) groups excluding carboxylic acids is 1. The van der Waals surface area contributed by atoms with Gasteiger partial charge >= 0.3 is 0 Å². The van der Waals surface area contributed by atoms with Gasteiger partial charge in [-0.2, -0.15) is 0 Å². The smallest absolute Gasteiger partial charge is 0.224 e. The molecule has 0 aromatic heterocycles. The van der Waals surface area contributed by atoms with Crippen molar-refractivity contribution >= 4 is 17.3 Å². The van der Waals surface area contributed by atoms with Gasteiger partial charge in [0, 0.05) is 28.9 Å². The van der Waals surface area contributed by atoms with Crippen LogP contribution in [-0.4, -0.2) is 5.91 Å². The van der Waals surface area contributed by atoms with Gasteiger partial charge in [0.15, 0.2) is 0 Å². The number of hydrogen-bond donors (Lipinski definition) is 2. The molecule has 0 radical (unpaired) electrons. The number of nitrogen functional groups attached to an aromatic ring is 1. The highest BCUT2D eigenvalue weighted by Crippen LogP contribution is 2.31. The third-order valence-corrected chi connectivity index (χ3v) is 2.77. The molecule has 3 nitrogen and oxygen atoms in total. The molecule has 3 N–H and O–H groups in total. The van der Waals surface area contributed by atoms with Crippen LogP contribution in [0.4, 0.5) is 11.4 Å². The molecule has 0 heterocycles. The molecule has 2 rings (SSSR count). The number of nitrogens with two attached hydrogens (primary N) is 1. The van der Waals surface area contributed by atoms with E-state index in [0.717, 1.165) is 16.8 Å². The minimum absolute atomic E-state index is 0.00282. The fourth-order valence-electron chi connectivity index (χ4n) is 1.81. The third-order valence-electron chi connectivity index (χ3n) is 2.77. The van der Waals surface area contributed by atoms with Crippen LogP contribution in [-0.2, 0) is 4.79 Å². The van der Waals surface area contributed by atoms with Crippen molar-refractivity contribution in [1.29, 1.82) is 0 Å². The average Bonchev–Trinajstić information content (AvgIpc) is 2.40. The second-order valence-corrected chi connectivity index (χ2v) is 4.03. The van der Waals surface area contributed by atoms with E-state index in [1.807, 2.05) is 55.5 Å². The second kappa shape index (κ2) is 5.36. The predicted molar refractivity (Wildman–Crippen MR) is 75.2 cm³/mol. The van der Waals surface area contributed by atoms with Crippen LogP contribution in [0.1, 0.15) is 13.3 Å². The highest BCUT2D eigenvalue weighted by molar-refractivity contribution is 5.96. The fraction of sp³-hybridized carbons (Fsp3) is 0.133. The molecular formula is C15H16N2O. The molecule has 2 aromatic carbocycles. The van der Waals surface area contributed by atoms with Gasteiger partial charge in [0.1, 0.15) is 0 Å². The zero-order chi connectivity index (χ0) is 13.0. The average molecular weight is 240 g/mol. The van der Waals surface area contributed by atoms with Crippen LogP contribution in [0.3, 0.4) is 0 Å². The van der Waals surface area contributed by atoms with E-state index in [-0.39, 0.29) is 5.91 Å². The van der Waals surface area contributed by atoms with Crippen molar-refractivity contribution < 1.29 is 4.79 Å². The monoisotopic (exact) mass is 240 g/mol. The maximum absolute atomic E-state index is 11.5. The second-order valence-electron chi connectivity index (χ2n) is 4.03. The van der Waals surface area contributed by atoms with Crippen molar-refractivity contribution in [3.05, 3.63) is 48.5 Å². The molecule has 0 aliphatic heterocycles. The summed E-state index contributed by atoms with van der Waals surface area (Å²) in [7, 11) is 0. The molecule has 0 aliphatic carbocycles. The van der Waals surface area contributed by atoms with Crippen molar-refractivity contribution in [2.45, 2.75) is 13.3 Å². The zero-order valence-corrected chi connectivity index (χ0v) is 10.3. The van der Waals surface area contributed by atoms with Gasteiger partial charge in [-0.05, 0) is 12.1 Å². The maximum Gasteiger partial charge on any atom is 0.224 e. The lowest BCUT2D eigenvalue weighted by molar-refractivity contribution is -0.115. The lowest BCUT2D eigenvalue weighted by Crippen LogP contribution is -2.10. The van der Waals surface area contributed by atoms with Crippen molar-refractivity contribution in [1.82, 2.24) is 0 Å². The summed E-state index contributed by atoms with van der Waals surface area (Å²) < 4.78 is 0. The van der Waals surface area contributed by atoms with Gasteiger partial charge in [-0.15, -0.1) is 0 Å². The summed E-state index contributed by atoms with van der Waals surface area (Å²) in [6.45, 7) is 1.83. The van der Waals surface area contributed by atoms with Crippen LogP contribution in [0, 0.1) is 0 Å². The first kappa shape index (κ1) is 12.2. The van der Waals surface area contributed by atoms with E-state index in [9.17, 15) is 4.79 Å². The van der Waals surface area contributed by atoms with Crippen LogP contribution < -0.4 is 11.1 Å². The maximum atomic E-state index is 11.5. The number of anilines is 2. The first-order valence-corrected chi connectivity index (χ1v) is 5.96. The first-order chi connectivity index (χ1) is 8.72. The van der Waals surface area contributed by atoms with Crippen LogP contribution in [0.15, 0.2) is 48.5 Å². The third kappa shape index (κ3) is 2.51. The normalized spacial score (nSPS) is 10.1. The Morgan fingerprint density at radius 3 is 2.33 bits per heavy atom. The molecule has 0 spiro atoms. The predicted octanol–water partition coefficient (Wildman–Crippen LogP) is 3.28. The molecule has 0 saturated carbocycles. The van der Waals surface area contributed by atoms with Gasteiger partial charge in [-0.3, -0.25) is 4.79 Å². The summed E-state index contributed by atoms with van der Waals surface area (Å²) in [5, 5.41) is 2.89. The Balaban J connectivity index is 2.45. The van der Waals surface area contributed by atoms with Gasteiger partial charge in [0.2, 0.25) is 5.91 Å². The summed E-state index contributed by atoms with van der Waals surface area (Å²) in [4.78, 5) is 11.5. The van der Waals surface area contributed by atoms with E-state index >= 15 is 0 Å². The van der Waals surface area contributed by atoms with Crippen molar-refractivity contribution in [3.63, 3.8) is 0 Å². The minimum atomic E-state index is -0.00282. The highest BCUT2D eigenvalue weighted by Gasteiger charge is 2.08. The zero-order valence-electron chi connectivity index (χ0n) is 10.3. The van der Waals surface area contributed by atoms with Gasteiger partial charge in [-0.25, -0.2) is 0 Å². The number of rotatable bonds is 3. The van der Waals surface area contributed by atoms with E-state index in [2.05, 4.69) is 5.32 Å². The van der Waals surface area contributed by atoms with E-state index in [1.54, 1.807) is 0 Å². The molecule has 92 valence electrons. The molecule has 0 aliphatic rings. The van der Waals surface area contributed by atoms with E-state index < -0.39 is 0 Å². The SMILES string of the molecule is CCC(=O)Nc1ccccc1-c1ccccc1N. The quantitative estimate of drug-likeness (QED) is 0.809. The molecule has 0 bridgehead atoms. The van der Waals surface area contributed by atoms with Crippen LogP contribution in [0.2, 0.25) is 0 Å². The number of para-hydroxylation sites is 2. The molecule has 0 atom stereocenters. The molecule has 0 unspecified atom stereocenters. The van der Waals surface area contributed by atoms with Crippen molar-refractivity contribution in [2.75, 3.05) is 11.1 Å². The first-order valence-electron chi connectivity index (χ1n) is 5.96. The summed E-state index contributed by atoms with van der Waals surface area (Å²) in [6.07, 6.45) is 0.457. The van der Waals surface area contributed by atoms with E-state index in [0.29, 0.717) is 12.1 Å². The molecule has 3 heteroatoms. The number of amides is 1. The van der Waals surface area contributed by atoms with Gasteiger partial charge < -0.3 is 11.1 Å². The Kier molecular flexibility index (Phi) is 3.63. The summed E-state index contributed by atoms with van der Waals surface area (Å²) in [5.41, 5.74) is 9.35. The summed E-state index contributed by atoms with van der Waals surface area (Å²) in [5.74, 6) is -0.00282. The highest BCUT2D eigenvalue weighted by atomic mass is 16.1. The van der Waals surface area contributed by atoms with E-state index in [1.165, 1.54) is 0 Å². The van der Waals surface area contributed by atoms with Crippen molar-refractivity contribution in [3.8, 4) is 11.1 Å². The van der Waals surface area contributed by atoms with E-state index in [4.69, 9.17) is 5.73 Å².